The second-order valence-electron chi connectivity index (χ2n) is 6.56. The number of H-pyrrole nitrogens is 1. The minimum Gasteiger partial charge on any atom is -0.356 e. The minimum atomic E-state index is -0.450. The van der Waals surface area contributed by atoms with Gasteiger partial charge in [0.2, 0.25) is 11.8 Å². The number of aromatic nitrogens is 3. The van der Waals surface area contributed by atoms with Gasteiger partial charge in [0.05, 0.1) is 10.9 Å². The number of amides is 3. The van der Waals surface area contributed by atoms with Crippen LogP contribution in [-0.2, 0) is 9.59 Å². The van der Waals surface area contributed by atoms with Crippen LogP contribution in [-0.4, -0.2) is 51.3 Å². The van der Waals surface area contributed by atoms with Gasteiger partial charge in [0.15, 0.2) is 0 Å². The number of nitrogens with zero attached hydrogens (tertiary/aromatic N) is 2. The molecule has 1 saturated carbocycles. The lowest BCUT2D eigenvalue weighted by Gasteiger charge is -2.42. The first-order valence-corrected chi connectivity index (χ1v) is 8.61. The maximum atomic E-state index is 12.7. The Morgan fingerprint density at radius 2 is 2.04 bits per heavy atom. The van der Waals surface area contributed by atoms with E-state index in [1.165, 1.54) is 13.3 Å². The van der Waals surface area contributed by atoms with Crippen LogP contribution in [0.4, 0.5) is 0 Å². The van der Waals surface area contributed by atoms with Crippen LogP contribution in [0.1, 0.15) is 43.1 Å². The first kappa shape index (κ1) is 17.8. The first-order valence-electron chi connectivity index (χ1n) is 8.61. The summed E-state index contributed by atoms with van der Waals surface area (Å²) in [5, 5.41) is 9.12. The molecule has 0 radical (unpaired) electrons. The van der Waals surface area contributed by atoms with Crippen molar-refractivity contribution in [2.45, 2.75) is 38.1 Å². The third-order valence-corrected chi connectivity index (χ3v) is 4.61. The molecule has 0 unspecified atom stereocenters. The zero-order valence-corrected chi connectivity index (χ0v) is 14.6. The zero-order valence-electron chi connectivity index (χ0n) is 14.6. The predicted octanol–water partition coefficient (Wildman–Crippen LogP) is 0.253. The molecular weight excluding hydrogens is 336 g/mol. The van der Waals surface area contributed by atoms with E-state index in [-0.39, 0.29) is 24.1 Å². The standard InChI is InChI=1S/C17H22N6O3/c1-11(24)18-8-4-13(25)20-9-17(5-2-6-17)23-16(26)14-12-3-7-19-15(12)22-10-21-14/h3,7,10H,2,4-6,8-9H2,1H3,(H,18,24)(H,20,25)(H,23,26)(H,19,21,22). The quantitative estimate of drug-likeness (QED) is 0.564. The van der Waals surface area contributed by atoms with Crippen molar-refractivity contribution < 1.29 is 14.4 Å². The molecule has 1 aliphatic rings. The zero-order chi connectivity index (χ0) is 18.6. The van der Waals surface area contributed by atoms with Gasteiger partial charge in [-0.15, -0.1) is 0 Å². The Hall–Kier alpha value is -2.97. The van der Waals surface area contributed by atoms with Gasteiger partial charge < -0.3 is 20.9 Å². The van der Waals surface area contributed by atoms with E-state index in [1.54, 1.807) is 12.3 Å². The molecule has 3 amide bonds. The predicted molar refractivity (Wildman–Crippen MR) is 94.2 cm³/mol. The summed E-state index contributed by atoms with van der Waals surface area (Å²) in [4.78, 5) is 46.6. The lowest BCUT2D eigenvalue weighted by molar-refractivity contribution is -0.122. The monoisotopic (exact) mass is 358 g/mol. The highest BCUT2D eigenvalue weighted by molar-refractivity contribution is 6.03. The summed E-state index contributed by atoms with van der Waals surface area (Å²) >= 11 is 0. The molecular formula is C17H22N6O3. The maximum Gasteiger partial charge on any atom is 0.271 e. The van der Waals surface area contributed by atoms with Gasteiger partial charge in [-0.3, -0.25) is 14.4 Å². The first-order chi connectivity index (χ1) is 12.5. The molecule has 1 fully saturated rings. The summed E-state index contributed by atoms with van der Waals surface area (Å²) in [6.07, 6.45) is 5.86. The number of fused-ring (bicyclic) bond motifs is 1. The Labute approximate surface area is 150 Å². The average molecular weight is 358 g/mol. The van der Waals surface area contributed by atoms with E-state index in [9.17, 15) is 14.4 Å². The van der Waals surface area contributed by atoms with Crippen molar-refractivity contribution in [2.75, 3.05) is 13.1 Å². The molecule has 26 heavy (non-hydrogen) atoms. The Kier molecular flexibility index (Phi) is 5.15. The maximum absolute atomic E-state index is 12.7. The molecule has 2 aromatic rings. The van der Waals surface area contributed by atoms with Gasteiger partial charge in [-0.25, -0.2) is 9.97 Å². The van der Waals surface area contributed by atoms with Crippen molar-refractivity contribution in [2.24, 2.45) is 0 Å². The third kappa shape index (κ3) is 3.98. The number of nitrogens with one attached hydrogen (secondary N) is 4. The summed E-state index contributed by atoms with van der Waals surface area (Å²) < 4.78 is 0. The minimum absolute atomic E-state index is 0.158. The van der Waals surface area contributed by atoms with E-state index < -0.39 is 5.54 Å². The van der Waals surface area contributed by atoms with Crippen LogP contribution in [0, 0.1) is 0 Å². The van der Waals surface area contributed by atoms with Gasteiger partial charge >= 0.3 is 0 Å². The Morgan fingerprint density at radius 3 is 2.73 bits per heavy atom. The highest BCUT2D eigenvalue weighted by Crippen LogP contribution is 2.31. The van der Waals surface area contributed by atoms with Crippen molar-refractivity contribution >= 4 is 28.8 Å². The van der Waals surface area contributed by atoms with Crippen LogP contribution in [0.3, 0.4) is 0 Å². The Morgan fingerprint density at radius 1 is 1.23 bits per heavy atom. The molecule has 138 valence electrons. The van der Waals surface area contributed by atoms with Gasteiger partial charge in [-0.05, 0) is 25.3 Å². The summed E-state index contributed by atoms with van der Waals surface area (Å²) in [5.74, 6) is -0.597. The summed E-state index contributed by atoms with van der Waals surface area (Å²) in [6, 6.07) is 1.77. The molecule has 3 rings (SSSR count). The fourth-order valence-corrected chi connectivity index (χ4v) is 3.01. The molecule has 0 aliphatic heterocycles. The fourth-order valence-electron chi connectivity index (χ4n) is 3.01. The normalized spacial score (nSPS) is 15.1. The largest absolute Gasteiger partial charge is 0.356 e. The Balaban J connectivity index is 1.58. The number of hydrogen-bond acceptors (Lipinski definition) is 5. The SMILES string of the molecule is CC(=O)NCCC(=O)NCC1(NC(=O)c2ncnc3[nH]ccc23)CCC1. The van der Waals surface area contributed by atoms with Crippen LogP contribution < -0.4 is 16.0 Å². The van der Waals surface area contributed by atoms with E-state index in [1.807, 2.05) is 0 Å². The Bertz CT molecular complexity index is 827. The third-order valence-electron chi connectivity index (χ3n) is 4.61. The number of carbonyl (C=O) groups is 3. The molecule has 0 bridgehead atoms. The second kappa shape index (κ2) is 7.51. The van der Waals surface area contributed by atoms with Gasteiger partial charge in [-0.2, -0.15) is 0 Å². The van der Waals surface area contributed by atoms with E-state index in [4.69, 9.17) is 0 Å². The number of aromatic amines is 1. The van der Waals surface area contributed by atoms with Crippen LogP contribution in [0.2, 0.25) is 0 Å². The molecule has 0 aromatic carbocycles. The molecule has 9 heteroatoms. The molecule has 2 aromatic heterocycles. The molecule has 4 N–H and O–H groups in total. The van der Waals surface area contributed by atoms with Crippen molar-refractivity contribution in [1.82, 2.24) is 30.9 Å². The lowest BCUT2D eigenvalue weighted by atomic mass is 9.76. The molecule has 0 saturated heterocycles. The smallest absolute Gasteiger partial charge is 0.271 e. The van der Waals surface area contributed by atoms with Crippen LogP contribution in [0.5, 0.6) is 0 Å². The van der Waals surface area contributed by atoms with Gasteiger partial charge in [0.25, 0.3) is 5.91 Å². The van der Waals surface area contributed by atoms with E-state index in [0.29, 0.717) is 29.8 Å². The van der Waals surface area contributed by atoms with Crippen LogP contribution in [0.15, 0.2) is 18.6 Å². The van der Waals surface area contributed by atoms with Crippen molar-refractivity contribution in [3.63, 3.8) is 0 Å². The van der Waals surface area contributed by atoms with Gasteiger partial charge in [0.1, 0.15) is 17.7 Å². The van der Waals surface area contributed by atoms with Crippen molar-refractivity contribution in [3.05, 3.63) is 24.3 Å². The van der Waals surface area contributed by atoms with Crippen LogP contribution in [0.25, 0.3) is 11.0 Å². The van der Waals surface area contributed by atoms with Crippen LogP contribution >= 0.6 is 0 Å². The van der Waals surface area contributed by atoms with Gasteiger partial charge in [0, 0.05) is 32.6 Å². The van der Waals surface area contributed by atoms with E-state index in [0.717, 1.165) is 19.3 Å². The lowest BCUT2D eigenvalue weighted by Crippen LogP contribution is -2.60. The summed E-state index contributed by atoms with van der Waals surface area (Å²) in [7, 11) is 0. The second-order valence-corrected chi connectivity index (χ2v) is 6.56. The highest BCUT2D eigenvalue weighted by atomic mass is 16.2. The van der Waals surface area contributed by atoms with E-state index >= 15 is 0 Å². The molecule has 9 nitrogen and oxygen atoms in total. The summed E-state index contributed by atoms with van der Waals surface area (Å²) in [5.41, 5.74) is 0.479. The molecule has 0 spiro atoms. The van der Waals surface area contributed by atoms with E-state index in [2.05, 4.69) is 30.9 Å². The topological polar surface area (TPSA) is 129 Å². The summed E-state index contributed by atoms with van der Waals surface area (Å²) in [6.45, 7) is 2.07. The molecule has 1 aliphatic carbocycles. The van der Waals surface area contributed by atoms with Crippen molar-refractivity contribution in [1.29, 1.82) is 0 Å². The molecule has 2 heterocycles. The molecule has 0 atom stereocenters. The number of carbonyl (C=O) groups excluding carboxylic acids is 3. The van der Waals surface area contributed by atoms with Crippen molar-refractivity contribution in [3.8, 4) is 0 Å². The number of rotatable bonds is 7. The highest BCUT2D eigenvalue weighted by Gasteiger charge is 2.39. The fraction of sp³-hybridized carbons (Fsp3) is 0.471. The average Bonchev–Trinajstić information content (AvgIpc) is 3.05. The number of hydrogen-bond donors (Lipinski definition) is 4. The van der Waals surface area contributed by atoms with Gasteiger partial charge in [-0.1, -0.05) is 0 Å².